The predicted molar refractivity (Wildman–Crippen MR) is 116 cm³/mol. The molecule has 10 heteroatoms. The Bertz CT molecular complexity index is 1070. The summed E-state index contributed by atoms with van der Waals surface area (Å²) in [7, 11) is -2.37. The van der Waals surface area contributed by atoms with E-state index in [-0.39, 0.29) is 33.5 Å². The van der Waals surface area contributed by atoms with Crippen LogP contribution in [-0.2, 0) is 19.6 Å². The zero-order valence-electron chi connectivity index (χ0n) is 17.0. The molecule has 31 heavy (non-hydrogen) atoms. The second kappa shape index (κ2) is 10.1. The van der Waals surface area contributed by atoms with Crippen LogP contribution in [0.3, 0.4) is 0 Å². The van der Waals surface area contributed by atoms with Gasteiger partial charge in [0.05, 0.1) is 28.3 Å². The Kier molecular flexibility index (Phi) is 7.53. The van der Waals surface area contributed by atoms with E-state index in [9.17, 15) is 18.0 Å². The number of benzene rings is 2. The summed E-state index contributed by atoms with van der Waals surface area (Å²) >= 11 is 6.20. The summed E-state index contributed by atoms with van der Waals surface area (Å²) in [5.74, 6) is -0.918. The number of methoxy groups -OCH3 is 1. The topological polar surface area (TPSA) is 102 Å². The highest BCUT2D eigenvalue weighted by Crippen LogP contribution is 2.29. The van der Waals surface area contributed by atoms with Gasteiger partial charge in [0.1, 0.15) is 5.75 Å². The normalized spacial score (nSPS) is 14.6. The molecule has 0 aliphatic carbocycles. The lowest BCUT2D eigenvalue weighted by molar-refractivity contribution is -0.118. The molecule has 1 fully saturated rings. The molecule has 0 saturated carbocycles. The lowest BCUT2D eigenvalue weighted by atomic mass is 10.2. The highest BCUT2D eigenvalue weighted by Gasteiger charge is 2.26. The van der Waals surface area contributed by atoms with Gasteiger partial charge in [0.15, 0.2) is 6.61 Å². The van der Waals surface area contributed by atoms with Crippen LogP contribution in [0.4, 0.5) is 5.69 Å². The molecular formula is C21H23ClN2O6S. The van der Waals surface area contributed by atoms with Crippen molar-refractivity contribution < 1.29 is 27.5 Å². The van der Waals surface area contributed by atoms with Crippen molar-refractivity contribution in [2.45, 2.75) is 24.2 Å². The average Bonchev–Trinajstić information content (AvgIpc) is 2.78. The Morgan fingerprint density at radius 2 is 1.81 bits per heavy atom. The molecule has 0 aromatic heterocycles. The van der Waals surface area contributed by atoms with Crippen LogP contribution < -0.4 is 10.1 Å². The largest absolute Gasteiger partial charge is 0.482 e. The third kappa shape index (κ3) is 5.55. The Balaban J connectivity index is 1.65. The molecule has 0 unspecified atom stereocenters. The van der Waals surface area contributed by atoms with Gasteiger partial charge in [-0.25, -0.2) is 13.2 Å². The van der Waals surface area contributed by atoms with Gasteiger partial charge >= 0.3 is 5.97 Å². The van der Waals surface area contributed by atoms with Crippen LogP contribution in [0.15, 0.2) is 47.4 Å². The van der Waals surface area contributed by atoms with Gasteiger partial charge in [-0.05, 0) is 43.2 Å². The van der Waals surface area contributed by atoms with Crippen molar-refractivity contribution >= 4 is 39.2 Å². The standard InChI is InChI=1S/C21H23ClN2O6S/c1-29-21(26)16-7-3-4-8-18(16)23-20(25)14-30-19-10-9-15(13-17(19)22)31(27,28)24-11-5-2-6-12-24/h3-4,7-10,13H,2,5-6,11-12,14H2,1H3,(H,23,25). The van der Waals surface area contributed by atoms with Gasteiger partial charge in [-0.3, -0.25) is 4.79 Å². The van der Waals surface area contributed by atoms with E-state index in [1.54, 1.807) is 18.2 Å². The quantitative estimate of drug-likeness (QED) is 0.628. The minimum atomic E-state index is -3.62. The van der Waals surface area contributed by atoms with E-state index in [4.69, 9.17) is 21.1 Å². The summed E-state index contributed by atoms with van der Waals surface area (Å²) in [4.78, 5) is 24.1. The molecule has 2 aromatic rings. The summed E-state index contributed by atoms with van der Waals surface area (Å²) in [6.45, 7) is 0.601. The Hall–Kier alpha value is -2.62. The molecule has 3 rings (SSSR count). The van der Waals surface area contributed by atoms with Gasteiger partial charge in [0.2, 0.25) is 10.0 Å². The van der Waals surface area contributed by atoms with Crippen molar-refractivity contribution in [3.8, 4) is 5.75 Å². The predicted octanol–water partition coefficient (Wildman–Crippen LogP) is 3.32. The van der Waals surface area contributed by atoms with E-state index in [2.05, 4.69) is 5.32 Å². The van der Waals surface area contributed by atoms with E-state index < -0.39 is 21.9 Å². The average molecular weight is 467 g/mol. The third-order valence-corrected chi connectivity index (χ3v) is 7.01. The van der Waals surface area contributed by atoms with E-state index in [0.717, 1.165) is 19.3 Å². The van der Waals surface area contributed by atoms with Crippen LogP contribution >= 0.6 is 11.6 Å². The van der Waals surface area contributed by atoms with Crippen molar-refractivity contribution in [3.63, 3.8) is 0 Å². The van der Waals surface area contributed by atoms with Gasteiger partial charge in [-0.2, -0.15) is 4.31 Å². The first-order valence-electron chi connectivity index (χ1n) is 9.72. The highest BCUT2D eigenvalue weighted by molar-refractivity contribution is 7.89. The number of nitrogens with zero attached hydrogens (tertiary/aromatic N) is 1. The molecule has 8 nitrogen and oxygen atoms in total. The highest BCUT2D eigenvalue weighted by atomic mass is 35.5. The van der Waals surface area contributed by atoms with Gasteiger partial charge in [-0.1, -0.05) is 30.2 Å². The maximum Gasteiger partial charge on any atom is 0.339 e. The number of esters is 1. The molecule has 0 bridgehead atoms. The SMILES string of the molecule is COC(=O)c1ccccc1NC(=O)COc1ccc(S(=O)(=O)N2CCCCC2)cc1Cl. The first kappa shape index (κ1) is 23.1. The van der Waals surface area contributed by atoms with Gasteiger partial charge in [0.25, 0.3) is 5.91 Å². The zero-order chi connectivity index (χ0) is 22.4. The first-order valence-corrected chi connectivity index (χ1v) is 11.5. The van der Waals surface area contributed by atoms with Crippen molar-refractivity contribution in [2.24, 2.45) is 0 Å². The number of ether oxygens (including phenoxy) is 2. The number of nitrogens with one attached hydrogen (secondary N) is 1. The molecule has 1 aliphatic heterocycles. The molecule has 1 amide bonds. The third-order valence-electron chi connectivity index (χ3n) is 4.82. The van der Waals surface area contributed by atoms with Gasteiger partial charge in [-0.15, -0.1) is 0 Å². The molecule has 1 aliphatic rings. The van der Waals surface area contributed by atoms with Crippen LogP contribution in [0, 0.1) is 0 Å². The molecule has 166 valence electrons. The summed E-state index contributed by atoms with van der Waals surface area (Å²) in [5, 5.41) is 2.67. The maximum absolute atomic E-state index is 12.8. The zero-order valence-corrected chi connectivity index (χ0v) is 18.5. The number of anilines is 1. The number of sulfonamides is 1. The summed E-state index contributed by atoms with van der Waals surface area (Å²) < 4.78 is 37.1. The van der Waals surface area contributed by atoms with Crippen LogP contribution in [0.1, 0.15) is 29.6 Å². The number of carbonyl (C=O) groups is 2. The number of para-hydroxylation sites is 1. The second-order valence-corrected chi connectivity index (χ2v) is 9.28. The Labute approximate surface area is 186 Å². The summed E-state index contributed by atoms with van der Waals surface area (Å²) in [6, 6.07) is 10.6. The van der Waals surface area contributed by atoms with Crippen molar-refractivity contribution in [2.75, 3.05) is 32.1 Å². The van der Waals surface area contributed by atoms with E-state index >= 15 is 0 Å². The van der Waals surface area contributed by atoms with Crippen LogP contribution in [0.25, 0.3) is 0 Å². The van der Waals surface area contributed by atoms with Crippen molar-refractivity contribution in [1.29, 1.82) is 0 Å². The number of carbonyl (C=O) groups excluding carboxylic acids is 2. The molecule has 0 spiro atoms. The lowest BCUT2D eigenvalue weighted by Crippen LogP contribution is -2.35. The minimum Gasteiger partial charge on any atom is -0.482 e. The number of amides is 1. The number of halogens is 1. The van der Waals surface area contributed by atoms with E-state index in [1.165, 1.54) is 35.7 Å². The van der Waals surface area contributed by atoms with Gasteiger partial charge < -0.3 is 14.8 Å². The van der Waals surface area contributed by atoms with E-state index in [1.807, 2.05) is 0 Å². The fourth-order valence-electron chi connectivity index (χ4n) is 3.22. The summed E-state index contributed by atoms with van der Waals surface area (Å²) in [6.07, 6.45) is 2.69. The number of hydrogen-bond acceptors (Lipinski definition) is 6. The van der Waals surface area contributed by atoms with Crippen molar-refractivity contribution in [3.05, 3.63) is 53.1 Å². The molecule has 1 heterocycles. The molecule has 1 N–H and O–H groups in total. The molecule has 0 radical (unpaired) electrons. The van der Waals surface area contributed by atoms with Crippen LogP contribution in [0.5, 0.6) is 5.75 Å². The Morgan fingerprint density at radius 1 is 1.10 bits per heavy atom. The minimum absolute atomic E-state index is 0.0841. The van der Waals surface area contributed by atoms with E-state index in [0.29, 0.717) is 13.1 Å². The van der Waals surface area contributed by atoms with Crippen LogP contribution in [-0.4, -0.2) is 51.4 Å². The molecule has 2 aromatic carbocycles. The fourth-order valence-corrected chi connectivity index (χ4v) is 5.07. The smallest absolute Gasteiger partial charge is 0.339 e. The maximum atomic E-state index is 12.8. The monoisotopic (exact) mass is 466 g/mol. The summed E-state index contributed by atoms with van der Waals surface area (Å²) in [5.41, 5.74) is 0.501. The lowest BCUT2D eigenvalue weighted by Gasteiger charge is -2.26. The van der Waals surface area contributed by atoms with Crippen molar-refractivity contribution in [1.82, 2.24) is 4.31 Å². The van der Waals surface area contributed by atoms with Gasteiger partial charge in [0, 0.05) is 13.1 Å². The number of rotatable bonds is 7. The molecule has 1 saturated heterocycles. The number of hydrogen-bond donors (Lipinski definition) is 1. The molecule has 0 atom stereocenters. The Morgan fingerprint density at radius 3 is 2.48 bits per heavy atom. The number of piperidine rings is 1. The second-order valence-electron chi connectivity index (χ2n) is 6.93. The molecular weight excluding hydrogens is 444 g/mol. The fraction of sp³-hybridized carbons (Fsp3) is 0.333. The van der Waals surface area contributed by atoms with Crippen LogP contribution in [0.2, 0.25) is 5.02 Å². The first-order chi connectivity index (χ1) is 14.8.